The Morgan fingerprint density at radius 3 is 1.88 bits per heavy atom. The maximum absolute atomic E-state index is 3.16. The molecule has 50 valence electrons. The maximum atomic E-state index is 3.16. The normalized spacial score (nSPS) is 12.0. The number of rotatable bonds is 3. The molecule has 0 rings (SSSR count). The first kappa shape index (κ1) is 8.18. The van der Waals surface area contributed by atoms with Crippen molar-refractivity contribution in [3.8, 4) is 0 Å². The standard InChI is InChI=1S/C6H17NSi/c1-7-5-6-8(2,3)4/h7H,5-6H2,1-4H3. The summed E-state index contributed by atoms with van der Waals surface area (Å²) in [6, 6.07) is 1.39. The Morgan fingerprint density at radius 1 is 1.25 bits per heavy atom. The summed E-state index contributed by atoms with van der Waals surface area (Å²) in [4.78, 5) is 0. The SMILES string of the molecule is CNCC[Si](C)(C)C. The van der Waals surface area contributed by atoms with E-state index in [2.05, 4.69) is 25.0 Å². The number of hydrogen-bond acceptors (Lipinski definition) is 1. The lowest BCUT2D eigenvalue weighted by Gasteiger charge is -2.13. The van der Waals surface area contributed by atoms with Crippen LogP contribution < -0.4 is 5.32 Å². The average molecular weight is 131 g/mol. The predicted molar refractivity (Wildman–Crippen MR) is 42.1 cm³/mol. The molecule has 0 aromatic carbocycles. The molecule has 0 saturated heterocycles. The fourth-order valence-corrected chi connectivity index (χ4v) is 1.50. The van der Waals surface area contributed by atoms with Crippen molar-refractivity contribution in [2.75, 3.05) is 13.6 Å². The summed E-state index contributed by atoms with van der Waals surface area (Å²) in [6.07, 6.45) is 0. The quantitative estimate of drug-likeness (QED) is 0.573. The minimum Gasteiger partial charge on any atom is -0.320 e. The fourth-order valence-electron chi connectivity index (χ4n) is 0.500. The zero-order chi connectivity index (χ0) is 6.62. The van der Waals surface area contributed by atoms with E-state index in [1.54, 1.807) is 0 Å². The smallest absolute Gasteiger partial charge is 0.0455 e. The molecule has 1 nitrogen and oxygen atoms in total. The van der Waals surface area contributed by atoms with E-state index in [9.17, 15) is 0 Å². The molecule has 1 N–H and O–H groups in total. The highest BCUT2D eigenvalue weighted by Crippen LogP contribution is 2.05. The molecule has 0 aromatic rings. The summed E-state index contributed by atoms with van der Waals surface area (Å²) in [5.74, 6) is 0. The van der Waals surface area contributed by atoms with E-state index in [0.717, 1.165) is 0 Å². The van der Waals surface area contributed by atoms with Crippen LogP contribution in [0.3, 0.4) is 0 Å². The van der Waals surface area contributed by atoms with Gasteiger partial charge in [0.2, 0.25) is 0 Å². The van der Waals surface area contributed by atoms with Gasteiger partial charge in [-0.3, -0.25) is 0 Å². The van der Waals surface area contributed by atoms with Crippen LogP contribution in [-0.4, -0.2) is 21.7 Å². The lowest BCUT2D eigenvalue weighted by atomic mass is 10.8. The van der Waals surface area contributed by atoms with Crippen LogP contribution in [0.4, 0.5) is 0 Å². The largest absolute Gasteiger partial charge is 0.320 e. The van der Waals surface area contributed by atoms with Crippen molar-refractivity contribution in [3.63, 3.8) is 0 Å². The van der Waals surface area contributed by atoms with Crippen LogP contribution in [-0.2, 0) is 0 Å². The molecule has 0 radical (unpaired) electrons. The second kappa shape index (κ2) is 3.25. The Labute approximate surface area is 53.5 Å². The Kier molecular flexibility index (Phi) is 3.32. The Balaban J connectivity index is 3.11. The van der Waals surface area contributed by atoms with E-state index in [1.165, 1.54) is 12.6 Å². The van der Waals surface area contributed by atoms with E-state index in [4.69, 9.17) is 0 Å². The molecule has 0 unspecified atom stereocenters. The third-order valence-electron chi connectivity index (χ3n) is 1.12. The van der Waals surface area contributed by atoms with Crippen LogP contribution in [0.1, 0.15) is 0 Å². The Bertz CT molecular complexity index is 56.0. The molecule has 0 aromatic heterocycles. The van der Waals surface area contributed by atoms with E-state index in [1.807, 2.05) is 7.05 Å². The zero-order valence-electron chi connectivity index (χ0n) is 6.41. The van der Waals surface area contributed by atoms with Crippen molar-refractivity contribution in [2.24, 2.45) is 0 Å². The summed E-state index contributed by atoms with van der Waals surface area (Å²) >= 11 is 0. The first-order valence-electron chi connectivity index (χ1n) is 3.21. The molecule has 0 heterocycles. The van der Waals surface area contributed by atoms with Gasteiger partial charge in [0, 0.05) is 8.07 Å². The molecule has 0 aliphatic heterocycles. The molecule has 0 amide bonds. The van der Waals surface area contributed by atoms with E-state index >= 15 is 0 Å². The first-order chi connectivity index (χ1) is 3.56. The maximum Gasteiger partial charge on any atom is 0.0455 e. The second-order valence-corrected chi connectivity index (χ2v) is 9.04. The van der Waals surface area contributed by atoms with Crippen molar-refractivity contribution in [2.45, 2.75) is 25.7 Å². The third kappa shape index (κ3) is 6.18. The van der Waals surface area contributed by atoms with Gasteiger partial charge in [-0.1, -0.05) is 19.6 Å². The van der Waals surface area contributed by atoms with Gasteiger partial charge in [-0.2, -0.15) is 0 Å². The first-order valence-corrected chi connectivity index (χ1v) is 6.91. The van der Waals surface area contributed by atoms with Gasteiger partial charge in [-0.25, -0.2) is 0 Å². The average Bonchev–Trinajstić information content (AvgIpc) is 1.59. The van der Waals surface area contributed by atoms with Crippen LogP contribution >= 0.6 is 0 Å². The fraction of sp³-hybridized carbons (Fsp3) is 1.00. The monoisotopic (exact) mass is 131 g/mol. The molecule has 0 saturated carbocycles. The molecule has 0 spiro atoms. The number of hydrogen-bond donors (Lipinski definition) is 1. The molecule has 0 fully saturated rings. The highest BCUT2D eigenvalue weighted by Gasteiger charge is 2.10. The summed E-state index contributed by atoms with van der Waals surface area (Å²) < 4.78 is 0. The van der Waals surface area contributed by atoms with E-state index in [0.29, 0.717) is 0 Å². The van der Waals surface area contributed by atoms with Crippen molar-refractivity contribution in [3.05, 3.63) is 0 Å². The van der Waals surface area contributed by atoms with Gasteiger partial charge in [0.05, 0.1) is 0 Å². The summed E-state index contributed by atoms with van der Waals surface area (Å²) in [5.41, 5.74) is 0. The van der Waals surface area contributed by atoms with Crippen LogP contribution in [0.2, 0.25) is 25.7 Å². The van der Waals surface area contributed by atoms with Gasteiger partial charge in [-0.05, 0) is 19.6 Å². The van der Waals surface area contributed by atoms with Crippen LogP contribution in [0.15, 0.2) is 0 Å². The van der Waals surface area contributed by atoms with Gasteiger partial charge < -0.3 is 5.32 Å². The van der Waals surface area contributed by atoms with Crippen LogP contribution in [0.5, 0.6) is 0 Å². The molecular weight excluding hydrogens is 114 g/mol. The summed E-state index contributed by atoms with van der Waals surface area (Å²) in [7, 11) is 1.27. The Hall–Kier alpha value is 0.177. The second-order valence-electron chi connectivity index (χ2n) is 3.41. The highest BCUT2D eigenvalue weighted by atomic mass is 28.3. The zero-order valence-corrected chi connectivity index (χ0v) is 7.41. The molecule has 0 bridgehead atoms. The van der Waals surface area contributed by atoms with Crippen molar-refractivity contribution in [1.82, 2.24) is 5.32 Å². The van der Waals surface area contributed by atoms with Gasteiger partial charge >= 0.3 is 0 Å². The van der Waals surface area contributed by atoms with Gasteiger partial charge in [0.15, 0.2) is 0 Å². The summed E-state index contributed by atoms with van der Waals surface area (Å²) in [6.45, 7) is 8.37. The predicted octanol–water partition coefficient (Wildman–Crippen LogP) is 1.54. The molecular formula is C6H17NSi. The van der Waals surface area contributed by atoms with Crippen molar-refractivity contribution in [1.29, 1.82) is 0 Å². The molecule has 0 aliphatic carbocycles. The molecule has 2 heteroatoms. The third-order valence-corrected chi connectivity index (χ3v) is 2.87. The van der Waals surface area contributed by atoms with Crippen LogP contribution in [0, 0.1) is 0 Å². The minimum absolute atomic E-state index is 0.741. The lowest BCUT2D eigenvalue weighted by Crippen LogP contribution is -2.25. The van der Waals surface area contributed by atoms with E-state index < -0.39 is 8.07 Å². The van der Waals surface area contributed by atoms with Crippen molar-refractivity contribution >= 4 is 8.07 Å². The molecule has 8 heavy (non-hydrogen) atoms. The topological polar surface area (TPSA) is 12.0 Å². The van der Waals surface area contributed by atoms with Crippen molar-refractivity contribution < 1.29 is 0 Å². The number of nitrogens with one attached hydrogen (secondary N) is 1. The van der Waals surface area contributed by atoms with Crippen LogP contribution in [0.25, 0.3) is 0 Å². The summed E-state index contributed by atoms with van der Waals surface area (Å²) in [5, 5.41) is 3.16. The van der Waals surface area contributed by atoms with E-state index in [-0.39, 0.29) is 0 Å². The minimum atomic E-state index is -0.741. The van der Waals surface area contributed by atoms with Gasteiger partial charge in [0.25, 0.3) is 0 Å². The molecule has 0 aliphatic rings. The van der Waals surface area contributed by atoms with Gasteiger partial charge in [0.1, 0.15) is 0 Å². The molecule has 0 atom stereocenters. The lowest BCUT2D eigenvalue weighted by molar-refractivity contribution is 0.850. The highest BCUT2D eigenvalue weighted by molar-refractivity contribution is 6.76. The Morgan fingerprint density at radius 2 is 1.75 bits per heavy atom. The van der Waals surface area contributed by atoms with Gasteiger partial charge in [-0.15, -0.1) is 0 Å².